The van der Waals surface area contributed by atoms with Crippen LogP contribution in [0.15, 0.2) is 42.5 Å². The smallest absolute Gasteiger partial charge is 0.194 e. The van der Waals surface area contributed by atoms with E-state index in [2.05, 4.69) is 0 Å². The molecule has 0 unspecified atom stereocenters. The van der Waals surface area contributed by atoms with E-state index in [1.54, 1.807) is 24.3 Å². The third-order valence-electron chi connectivity index (χ3n) is 2.66. The van der Waals surface area contributed by atoms with E-state index in [-0.39, 0.29) is 34.7 Å². The molecule has 0 bridgehead atoms. The van der Waals surface area contributed by atoms with E-state index in [9.17, 15) is 9.90 Å². The number of ketones is 1. The molecule has 104 valence electrons. The monoisotopic (exact) mass is 292 g/mol. The summed E-state index contributed by atoms with van der Waals surface area (Å²) >= 11 is 6.07. The maximum atomic E-state index is 12.3. The second-order valence-electron chi connectivity index (χ2n) is 4.05. The number of aromatic hydroxyl groups is 1. The molecule has 1 N–H and O–H groups in total. The van der Waals surface area contributed by atoms with Gasteiger partial charge in [-0.3, -0.25) is 4.79 Å². The van der Waals surface area contributed by atoms with Gasteiger partial charge >= 0.3 is 0 Å². The van der Waals surface area contributed by atoms with Crippen molar-refractivity contribution in [1.82, 2.24) is 0 Å². The number of carbonyl (C=O) groups excluding carboxylic acids is 1. The molecule has 0 spiro atoms. The Morgan fingerprint density at radius 3 is 2.60 bits per heavy atom. The summed E-state index contributed by atoms with van der Waals surface area (Å²) in [6, 6.07) is 11.4. The van der Waals surface area contributed by atoms with Crippen LogP contribution in [0.25, 0.3) is 0 Å². The fourth-order valence-corrected chi connectivity index (χ4v) is 1.94. The number of methoxy groups -OCH3 is 1. The predicted octanol–water partition coefficient (Wildman–Crippen LogP) is 3.26. The van der Waals surface area contributed by atoms with Crippen LogP contribution in [0.2, 0.25) is 5.02 Å². The van der Waals surface area contributed by atoms with Gasteiger partial charge in [0.05, 0.1) is 5.02 Å². The van der Waals surface area contributed by atoms with E-state index >= 15 is 0 Å². The summed E-state index contributed by atoms with van der Waals surface area (Å²) < 4.78 is 9.88. The van der Waals surface area contributed by atoms with Gasteiger partial charge in [-0.1, -0.05) is 41.9 Å². The lowest BCUT2D eigenvalue weighted by atomic mass is 10.0. The largest absolute Gasteiger partial charge is 0.504 e. The van der Waals surface area contributed by atoms with Crippen molar-refractivity contribution in [2.24, 2.45) is 0 Å². The van der Waals surface area contributed by atoms with E-state index < -0.39 is 0 Å². The summed E-state index contributed by atoms with van der Waals surface area (Å²) in [5.41, 5.74) is 0.722. The lowest BCUT2D eigenvalue weighted by Crippen LogP contribution is -2.04. The summed E-state index contributed by atoms with van der Waals surface area (Å²) in [5.74, 6) is -0.253. The third kappa shape index (κ3) is 3.10. The van der Waals surface area contributed by atoms with Gasteiger partial charge in [0.15, 0.2) is 24.1 Å². The quantitative estimate of drug-likeness (QED) is 0.679. The lowest BCUT2D eigenvalue weighted by Gasteiger charge is -2.10. The minimum absolute atomic E-state index is 0.0180. The minimum atomic E-state index is -0.260. The molecule has 0 aliphatic heterocycles. The molecule has 2 rings (SSSR count). The molecule has 0 fully saturated rings. The minimum Gasteiger partial charge on any atom is -0.504 e. The van der Waals surface area contributed by atoms with Crippen molar-refractivity contribution in [1.29, 1.82) is 0 Å². The summed E-state index contributed by atoms with van der Waals surface area (Å²) in [6.45, 7) is -0.0180. The van der Waals surface area contributed by atoms with Crippen molar-refractivity contribution in [3.05, 3.63) is 58.6 Å². The Kier molecular flexibility index (Phi) is 4.61. The Labute approximate surface area is 121 Å². The molecule has 0 heterocycles. The van der Waals surface area contributed by atoms with Gasteiger partial charge in [-0.05, 0) is 6.07 Å². The van der Waals surface area contributed by atoms with Crippen LogP contribution in [0.1, 0.15) is 15.9 Å². The highest BCUT2D eigenvalue weighted by Gasteiger charge is 2.16. The zero-order chi connectivity index (χ0) is 14.5. The van der Waals surface area contributed by atoms with Gasteiger partial charge in [0.25, 0.3) is 0 Å². The SMILES string of the molecule is COCOc1cc(Cl)c(C(=O)c2ccccc2)cc1O. The van der Waals surface area contributed by atoms with Crippen molar-refractivity contribution >= 4 is 17.4 Å². The summed E-state index contributed by atoms with van der Waals surface area (Å²) in [7, 11) is 1.46. The highest BCUT2D eigenvalue weighted by molar-refractivity contribution is 6.35. The number of benzene rings is 2. The van der Waals surface area contributed by atoms with Crippen LogP contribution >= 0.6 is 11.6 Å². The summed E-state index contributed by atoms with van der Waals surface area (Å²) in [5, 5.41) is 10.1. The highest BCUT2D eigenvalue weighted by Crippen LogP contribution is 2.33. The van der Waals surface area contributed by atoms with Crippen LogP contribution in [-0.4, -0.2) is 24.8 Å². The average Bonchev–Trinajstić information content (AvgIpc) is 2.48. The molecule has 0 aliphatic carbocycles. The zero-order valence-corrected chi connectivity index (χ0v) is 11.6. The van der Waals surface area contributed by atoms with Gasteiger partial charge in [0, 0.05) is 24.3 Å². The van der Waals surface area contributed by atoms with Crippen LogP contribution in [0, 0.1) is 0 Å². The number of phenolic OH excluding ortho intramolecular Hbond substituents is 1. The normalized spacial score (nSPS) is 10.3. The Morgan fingerprint density at radius 1 is 1.25 bits per heavy atom. The number of carbonyl (C=O) groups is 1. The maximum absolute atomic E-state index is 12.3. The van der Waals surface area contributed by atoms with Crippen molar-refractivity contribution in [2.75, 3.05) is 13.9 Å². The van der Waals surface area contributed by atoms with Gasteiger partial charge in [-0.2, -0.15) is 0 Å². The van der Waals surface area contributed by atoms with Crippen LogP contribution in [0.3, 0.4) is 0 Å². The fourth-order valence-electron chi connectivity index (χ4n) is 1.70. The van der Waals surface area contributed by atoms with E-state index in [0.717, 1.165) is 0 Å². The van der Waals surface area contributed by atoms with E-state index in [1.165, 1.54) is 19.2 Å². The Bertz CT molecular complexity index is 611. The molecule has 20 heavy (non-hydrogen) atoms. The molecule has 0 saturated carbocycles. The predicted molar refractivity (Wildman–Crippen MR) is 75.5 cm³/mol. The van der Waals surface area contributed by atoms with Crippen LogP contribution in [0.4, 0.5) is 0 Å². The van der Waals surface area contributed by atoms with E-state index in [4.69, 9.17) is 21.1 Å². The molecule has 0 atom stereocenters. The molecular formula is C15H13ClO4. The molecule has 0 radical (unpaired) electrons. The van der Waals surface area contributed by atoms with Crippen molar-refractivity contribution in [3.8, 4) is 11.5 Å². The molecule has 2 aromatic carbocycles. The number of hydrogen-bond donors (Lipinski definition) is 1. The van der Waals surface area contributed by atoms with E-state index in [0.29, 0.717) is 5.56 Å². The molecule has 2 aromatic rings. The Morgan fingerprint density at radius 2 is 1.95 bits per heavy atom. The fraction of sp³-hybridized carbons (Fsp3) is 0.133. The van der Waals surface area contributed by atoms with Crippen molar-refractivity contribution in [3.63, 3.8) is 0 Å². The van der Waals surface area contributed by atoms with Gasteiger partial charge in [-0.15, -0.1) is 0 Å². The van der Waals surface area contributed by atoms with Crippen molar-refractivity contribution in [2.45, 2.75) is 0 Å². The standard InChI is InChI=1S/C15H13ClO4/c1-19-9-20-14-8-12(16)11(7-13(14)17)15(18)10-5-3-2-4-6-10/h2-8,17H,9H2,1H3. The number of halogens is 1. The first-order valence-corrected chi connectivity index (χ1v) is 6.25. The summed E-state index contributed by atoms with van der Waals surface area (Å²) in [6.07, 6.45) is 0. The number of hydrogen-bond acceptors (Lipinski definition) is 4. The van der Waals surface area contributed by atoms with Gasteiger partial charge in [0.1, 0.15) is 0 Å². The lowest BCUT2D eigenvalue weighted by molar-refractivity contribution is 0.0492. The first-order valence-electron chi connectivity index (χ1n) is 5.87. The molecule has 0 aliphatic rings. The first kappa shape index (κ1) is 14.4. The molecule has 0 saturated heterocycles. The molecule has 5 heteroatoms. The number of phenols is 1. The van der Waals surface area contributed by atoms with Crippen LogP contribution < -0.4 is 4.74 Å². The van der Waals surface area contributed by atoms with Crippen LogP contribution in [-0.2, 0) is 4.74 Å². The van der Waals surface area contributed by atoms with Gasteiger partial charge < -0.3 is 14.6 Å². The van der Waals surface area contributed by atoms with Crippen molar-refractivity contribution < 1.29 is 19.4 Å². The summed E-state index contributed by atoms with van der Waals surface area (Å²) in [4.78, 5) is 12.3. The van der Waals surface area contributed by atoms with Gasteiger partial charge in [0.2, 0.25) is 0 Å². The molecular weight excluding hydrogens is 280 g/mol. The molecule has 4 nitrogen and oxygen atoms in total. The van der Waals surface area contributed by atoms with E-state index in [1.807, 2.05) is 6.07 Å². The second kappa shape index (κ2) is 6.41. The molecule has 0 aromatic heterocycles. The average molecular weight is 293 g/mol. The van der Waals surface area contributed by atoms with Gasteiger partial charge in [-0.25, -0.2) is 0 Å². The molecule has 0 amide bonds. The third-order valence-corrected chi connectivity index (χ3v) is 2.97. The van der Waals surface area contributed by atoms with Crippen LogP contribution in [0.5, 0.6) is 11.5 Å². The number of rotatable bonds is 5. The maximum Gasteiger partial charge on any atom is 0.194 e. The topological polar surface area (TPSA) is 55.8 Å². The first-order chi connectivity index (χ1) is 9.63. The second-order valence-corrected chi connectivity index (χ2v) is 4.45. The number of ether oxygens (including phenoxy) is 2. The Balaban J connectivity index is 2.34. The zero-order valence-electron chi connectivity index (χ0n) is 10.8. The Hall–Kier alpha value is -2.04. The highest BCUT2D eigenvalue weighted by atomic mass is 35.5.